The average molecular weight is 729 g/mol. The molecule has 0 aliphatic rings. The first kappa shape index (κ1) is 24.8. The summed E-state index contributed by atoms with van der Waals surface area (Å²) in [6, 6.07) is -1.65. The maximum atomic E-state index is 12.8. The average Bonchev–Trinajstić information content (AvgIpc) is 2.54. The van der Waals surface area contributed by atoms with Crippen molar-refractivity contribution in [1.29, 1.82) is 0 Å². The van der Waals surface area contributed by atoms with E-state index in [-0.39, 0.29) is 16.9 Å². The van der Waals surface area contributed by atoms with Gasteiger partial charge in [-0.3, -0.25) is 19.2 Å². The van der Waals surface area contributed by atoms with Gasteiger partial charge < -0.3 is 26.2 Å². The number of halogens is 3. The minimum absolute atomic E-state index is 0.00533. The van der Waals surface area contributed by atoms with Gasteiger partial charge in [0.25, 0.3) is 5.91 Å². The van der Waals surface area contributed by atoms with Crippen molar-refractivity contribution < 1.29 is 34.2 Å². The van der Waals surface area contributed by atoms with Gasteiger partial charge in [-0.25, -0.2) is 4.79 Å². The zero-order chi connectivity index (χ0) is 21.8. The van der Waals surface area contributed by atoms with E-state index in [1.807, 2.05) is 67.8 Å². The highest BCUT2D eigenvalue weighted by Crippen LogP contribution is 2.39. The fraction of sp³-hybridized carbons (Fsp3) is 0.267. The molecule has 0 fully saturated rings. The second-order valence-corrected chi connectivity index (χ2v) is 8.63. The molecular formula is C15H14I3N3O7. The Kier molecular flexibility index (Phi) is 9.31. The van der Waals surface area contributed by atoms with Crippen LogP contribution in [-0.2, 0) is 19.2 Å². The fourth-order valence-electron chi connectivity index (χ4n) is 2.04. The van der Waals surface area contributed by atoms with E-state index in [0.29, 0.717) is 10.7 Å². The zero-order valence-electron chi connectivity index (χ0n) is 14.4. The van der Waals surface area contributed by atoms with Gasteiger partial charge >= 0.3 is 11.9 Å². The maximum absolute atomic E-state index is 12.8. The standard InChI is InChI=1S/C15H14I3N3O7/c1-4(22)19-12-9(16)8(10(17)13(11(12)18)20-5(2)23)14(26)21-6(15(27)28)3-7(24)25/h6H,3H2,1-2H3,(H,19,22)(H,20,23)(H,21,26)(H,24,25)(H,27,28)/t6-/m0/s1. The molecule has 0 heterocycles. The number of hydrogen-bond donors (Lipinski definition) is 5. The predicted octanol–water partition coefficient (Wildman–Crippen LogP) is 2.07. The SMILES string of the molecule is CC(=O)Nc1c(I)c(NC(C)=O)c(I)c(C(=O)N[C@@H](CC(=O)O)C(=O)O)c1I. The molecule has 5 N–H and O–H groups in total. The first-order chi connectivity index (χ1) is 12.9. The third-order valence-electron chi connectivity index (χ3n) is 3.13. The van der Waals surface area contributed by atoms with Crippen molar-refractivity contribution >= 4 is 109 Å². The van der Waals surface area contributed by atoms with Crippen LogP contribution in [0.4, 0.5) is 11.4 Å². The summed E-state index contributed by atoms with van der Waals surface area (Å²) in [7, 11) is 0. The van der Waals surface area contributed by atoms with Gasteiger partial charge in [0.15, 0.2) is 0 Å². The van der Waals surface area contributed by atoms with Crippen LogP contribution < -0.4 is 16.0 Å². The maximum Gasteiger partial charge on any atom is 0.326 e. The summed E-state index contributed by atoms with van der Waals surface area (Å²) in [5, 5.41) is 25.3. The Labute approximate surface area is 200 Å². The molecule has 1 atom stereocenters. The summed E-state index contributed by atoms with van der Waals surface area (Å²) in [6.45, 7) is 2.55. The van der Waals surface area contributed by atoms with Crippen LogP contribution in [0, 0.1) is 10.7 Å². The molecular weight excluding hydrogens is 715 g/mol. The molecule has 10 nitrogen and oxygen atoms in total. The Balaban J connectivity index is 3.56. The van der Waals surface area contributed by atoms with Crippen molar-refractivity contribution in [3.8, 4) is 0 Å². The number of aliphatic carboxylic acids is 2. The third-order valence-corrected chi connectivity index (χ3v) is 6.36. The molecule has 3 amide bonds. The molecule has 0 radical (unpaired) electrons. The Hall–Kier alpha value is -1.24. The second kappa shape index (κ2) is 10.5. The molecule has 0 aromatic heterocycles. The molecule has 1 aromatic rings. The third kappa shape index (κ3) is 6.39. The molecule has 1 aromatic carbocycles. The molecule has 0 saturated heterocycles. The van der Waals surface area contributed by atoms with Gasteiger partial charge in [0.05, 0.1) is 34.1 Å². The van der Waals surface area contributed by atoms with Crippen molar-refractivity contribution in [2.45, 2.75) is 26.3 Å². The number of anilines is 2. The van der Waals surface area contributed by atoms with Crippen molar-refractivity contribution in [2.75, 3.05) is 10.6 Å². The van der Waals surface area contributed by atoms with Gasteiger partial charge in [0.1, 0.15) is 6.04 Å². The number of amides is 3. The molecule has 28 heavy (non-hydrogen) atoms. The van der Waals surface area contributed by atoms with E-state index >= 15 is 0 Å². The Morgan fingerprint density at radius 1 is 0.857 bits per heavy atom. The van der Waals surface area contributed by atoms with Crippen LogP contribution in [0.5, 0.6) is 0 Å². The van der Waals surface area contributed by atoms with E-state index in [2.05, 4.69) is 16.0 Å². The van der Waals surface area contributed by atoms with Crippen molar-refractivity contribution in [3.63, 3.8) is 0 Å². The van der Waals surface area contributed by atoms with Crippen LogP contribution in [-0.4, -0.2) is 45.9 Å². The Morgan fingerprint density at radius 3 is 1.61 bits per heavy atom. The van der Waals surface area contributed by atoms with E-state index in [4.69, 9.17) is 10.2 Å². The van der Waals surface area contributed by atoms with E-state index < -0.39 is 42.1 Å². The molecule has 0 bridgehead atoms. The molecule has 0 spiro atoms. The predicted molar refractivity (Wildman–Crippen MR) is 124 cm³/mol. The Morgan fingerprint density at radius 2 is 1.29 bits per heavy atom. The highest BCUT2D eigenvalue weighted by Gasteiger charge is 2.29. The van der Waals surface area contributed by atoms with Crippen molar-refractivity contribution in [1.82, 2.24) is 5.32 Å². The van der Waals surface area contributed by atoms with E-state index in [9.17, 15) is 24.0 Å². The van der Waals surface area contributed by atoms with Crippen LogP contribution >= 0.6 is 67.8 Å². The highest BCUT2D eigenvalue weighted by atomic mass is 127. The van der Waals surface area contributed by atoms with Crippen LogP contribution in [0.2, 0.25) is 0 Å². The molecule has 0 saturated carbocycles. The largest absolute Gasteiger partial charge is 0.481 e. The fourth-order valence-corrected chi connectivity index (χ4v) is 6.24. The molecule has 152 valence electrons. The number of carbonyl (C=O) groups excluding carboxylic acids is 3. The summed E-state index contributed by atoms with van der Waals surface area (Å²) in [6.07, 6.45) is -0.810. The van der Waals surface area contributed by atoms with Gasteiger partial charge in [-0.05, 0) is 67.8 Å². The van der Waals surface area contributed by atoms with Gasteiger partial charge in [-0.2, -0.15) is 0 Å². The summed E-state index contributed by atoms with van der Waals surface area (Å²) >= 11 is 5.55. The van der Waals surface area contributed by atoms with Gasteiger partial charge in [-0.1, -0.05) is 0 Å². The lowest BCUT2D eigenvalue weighted by Crippen LogP contribution is -2.43. The molecule has 0 aliphatic carbocycles. The van der Waals surface area contributed by atoms with Crippen LogP contribution in [0.25, 0.3) is 0 Å². The minimum atomic E-state index is -1.65. The lowest BCUT2D eigenvalue weighted by molar-refractivity contribution is -0.145. The molecule has 13 heteroatoms. The summed E-state index contributed by atoms with van der Waals surface area (Å²) < 4.78 is 1.11. The number of hydrogen-bond acceptors (Lipinski definition) is 5. The summed E-state index contributed by atoms with van der Waals surface area (Å²) in [4.78, 5) is 58.0. The molecule has 1 rings (SSSR count). The summed E-state index contributed by atoms with van der Waals surface area (Å²) in [5.41, 5.74) is 0.548. The van der Waals surface area contributed by atoms with Gasteiger partial charge in [0.2, 0.25) is 11.8 Å². The lowest BCUT2D eigenvalue weighted by Gasteiger charge is -2.20. The number of benzene rings is 1. The molecule has 0 aliphatic heterocycles. The van der Waals surface area contributed by atoms with Crippen LogP contribution in [0.1, 0.15) is 30.6 Å². The normalized spacial score (nSPS) is 11.3. The number of carbonyl (C=O) groups is 5. The number of nitrogens with one attached hydrogen (secondary N) is 3. The number of rotatable bonds is 7. The Bertz CT molecular complexity index is 830. The quantitative estimate of drug-likeness (QED) is 0.269. The van der Waals surface area contributed by atoms with E-state index in [1.54, 1.807) is 0 Å². The first-order valence-corrected chi connectivity index (χ1v) is 10.6. The van der Waals surface area contributed by atoms with Crippen molar-refractivity contribution in [3.05, 3.63) is 16.3 Å². The van der Waals surface area contributed by atoms with Crippen LogP contribution in [0.15, 0.2) is 0 Å². The van der Waals surface area contributed by atoms with Gasteiger partial charge in [-0.15, -0.1) is 0 Å². The molecule has 0 unspecified atom stereocenters. The highest BCUT2D eigenvalue weighted by molar-refractivity contribution is 14.1. The van der Waals surface area contributed by atoms with E-state index in [1.165, 1.54) is 13.8 Å². The second-order valence-electron chi connectivity index (χ2n) is 5.39. The minimum Gasteiger partial charge on any atom is -0.481 e. The zero-order valence-corrected chi connectivity index (χ0v) is 20.8. The number of carboxylic acids is 2. The van der Waals surface area contributed by atoms with E-state index in [0.717, 1.165) is 0 Å². The first-order valence-electron chi connectivity index (χ1n) is 7.37. The van der Waals surface area contributed by atoms with Crippen LogP contribution in [0.3, 0.4) is 0 Å². The topological polar surface area (TPSA) is 162 Å². The number of carboxylic acid groups (broad SMARTS) is 2. The lowest BCUT2D eigenvalue weighted by atomic mass is 10.1. The smallest absolute Gasteiger partial charge is 0.326 e. The van der Waals surface area contributed by atoms with Crippen molar-refractivity contribution in [2.24, 2.45) is 0 Å². The summed E-state index contributed by atoms with van der Waals surface area (Å²) in [5.74, 6) is -4.57. The monoisotopic (exact) mass is 729 g/mol. The van der Waals surface area contributed by atoms with Gasteiger partial charge in [0, 0.05) is 13.8 Å².